The van der Waals surface area contributed by atoms with Crippen molar-refractivity contribution in [2.24, 2.45) is 0 Å². The van der Waals surface area contributed by atoms with Crippen LogP contribution in [0.15, 0.2) is 42.6 Å². The molecule has 2 heterocycles. The standard InChI is InChI=1S/C22H27N5O/c1-3-18-7-9-19(10-8-18)17(2)25-22(28)27-13-5-12-26(14-15-27)21-20(16-23)6-4-11-24-21/h4,6-11,17H,3,5,12-15H2,1-2H3,(H,25,28). The largest absolute Gasteiger partial charge is 0.354 e. The Morgan fingerprint density at radius 1 is 1.21 bits per heavy atom. The van der Waals surface area contributed by atoms with Gasteiger partial charge in [-0.15, -0.1) is 0 Å². The summed E-state index contributed by atoms with van der Waals surface area (Å²) in [5.74, 6) is 0.705. The number of hydrogen-bond acceptors (Lipinski definition) is 4. The molecular weight excluding hydrogens is 350 g/mol. The first kappa shape index (κ1) is 19.7. The molecular formula is C22H27N5O. The first-order valence-corrected chi connectivity index (χ1v) is 9.86. The predicted octanol–water partition coefficient (Wildman–Crippen LogP) is 3.50. The summed E-state index contributed by atoms with van der Waals surface area (Å²) in [4.78, 5) is 21.1. The summed E-state index contributed by atoms with van der Waals surface area (Å²) < 4.78 is 0. The van der Waals surface area contributed by atoms with Gasteiger partial charge in [0.05, 0.1) is 11.6 Å². The molecule has 1 unspecified atom stereocenters. The number of urea groups is 1. The van der Waals surface area contributed by atoms with Crippen molar-refractivity contribution >= 4 is 11.8 Å². The van der Waals surface area contributed by atoms with E-state index < -0.39 is 0 Å². The molecule has 1 atom stereocenters. The van der Waals surface area contributed by atoms with Crippen LogP contribution in [-0.2, 0) is 6.42 Å². The number of nitrogens with zero attached hydrogens (tertiary/aromatic N) is 4. The molecule has 0 aliphatic carbocycles. The smallest absolute Gasteiger partial charge is 0.317 e. The highest BCUT2D eigenvalue weighted by Gasteiger charge is 2.22. The molecule has 1 N–H and O–H groups in total. The van der Waals surface area contributed by atoms with Gasteiger partial charge in [-0.1, -0.05) is 31.2 Å². The van der Waals surface area contributed by atoms with E-state index in [-0.39, 0.29) is 12.1 Å². The Hall–Kier alpha value is -3.07. The third-order valence-electron chi connectivity index (χ3n) is 5.22. The minimum Gasteiger partial charge on any atom is -0.354 e. The molecule has 2 amide bonds. The molecule has 1 fully saturated rings. The lowest BCUT2D eigenvalue weighted by molar-refractivity contribution is 0.198. The molecule has 0 bridgehead atoms. The average Bonchev–Trinajstić information content (AvgIpc) is 3.00. The highest BCUT2D eigenvalue weighted by atomic mass is 16.2. The second kappa shape index (κ2) is 9.23. The highest BCUT2D eigenvalue weighted by molar-refractivity contribution is 5.75. The maximum Gasteiger partial charge on any atom is 0.317 e. The molecule has 2 aromatic rings. The second-order valence-electron chi connectivity index (χ2n) is 7.08. The number of carbonyl (C=O) groups excluding carboxylic acids is 1. The molecule has 28 heavy (non-hydrogen) atoms. The van der Waals surface area contributed by atoms with Gasteiger partial charge in [-0.05, 0) is 43.0 Å². The van der Waals surface area contributed by atoms with E-state index in [1.54, 1.807) is 18.3 Å². The number of pyridine rings is 1. The Balaban J connectivity index is 1.60. The summed E-state index contributed by atoms with van der Waals surface area (Å²) in [6, 6.07) is 14.1. The lowest BCUT2D eigenvalue weighted by atomic mass is 10.1. The van der Waals surface area contributed by atoms with E-state index in [4.69, 9.17) is 0 Å². The number of benzene rings is 1. The quantitative estimate of drug-likeness (QED) is 0.885. The molecule has 1 aromatic heterocycles. The number of rotatable bonds is 4. The molecule has 6 nitrogen and oxygen atoms in total. The molecule has 6 heteroatoms. The molecule has 0 spiro atoms. The van der Waals surface area contributed by atoms with E-state index in [9.17, 15) is 10.1 Å². The SMILES string of the molecule is CCc1ccc(C(C)NC(=O)N2CCCN(c3ncccc3C#N)CC2)cc1. The first-order chi connectivity index (χ1) is 13.6. The van der Waals surface area contributed by atoms with Crippen molar-refractivity contribution in [3.63, 3.8) is 0 Å². The van der Waals surface area contributed by atoms with Crippen molar-refractivity contribution in [1.29, 1.82) is 5.26 Å². The first-order valence-electron chi connectivity index (χ1n) is 9.86. The summed E-state index contributed by atoms with van der Waals surface area (Å²) in [5.41, 5.74) is 2.97. The predicted molar refractivity (Wildman–Crippen MR) is 110 cm³/mol. The van der Waals surface area contributed by atoms with Gasteiger partial charge in [0.2, 0.25) is 0 Å². The van der Waals surface area contributed by atoms with Gasteiger partial charge in [0, 0.05) is 32.4 Å². The van der Waals surface area contributed by atoms with Crippen LogP contribution >= 0.6 is 0 Å². The molecule has 0 saturated carbocycles. The van der Waals surface area contributed by atoms with Crippen LogP contribution in [-0.4, -0.2) is 42.1 Å². The normalized spacial score (nSPS) is 15.5. The zero-order valence-corrected chi connectivity index (χ0v) is 16.6. The molecule has 0 radical (unpaired) electrons. The van der Waals surface area contributed by atoms with Crippen molar-refractivity contribution in [2.45, 2.75) is 32.7 Å². The van der Waals surface area contributed by atoms with Crippen LogP contribution in [0.1, 0.15) is 43.0 Å². The van der Waals surface area contributed by atoms with E-state index in [2.05, 4.69) is 52.5 Å². The zero-order valence-electron chi connectivity index (χ0n) is 16.6. The zero-order chi connectivity index (χ0) is 19.9. The van der Waals surface area contributed by atoms with Gasteiger partial charge >= 0.3 is 6.03 Å². The molecule has 1 aromatic carbocycles. The van der Waals surface area contributed by atoms with Gasteiger partial charge in [-0.2, -0.15) is 5.26 Å². The third kappa shape index (κ3) is 4.61. The third-order valence-corrected chi connectivity index (χ3v) is 5.22. The Kier molecular flexibility index (Phi) is 6.49. The van der Waals surface area contributed by atoms with E-state index in [0.29, 0.717) is 31.0 Å². The maximum absolute atomic E-state index is 12.8. The van der Waals surface area contributed by atoms with Crippen LogP contribution in [0, 0.1) is 11.3 Å². The Bertz CT molecular complexity index is 843. The van der Waals surface area contributed by atoms with Gasteiger partial charge in [0.25, 0.3) is 0 Å². The number of hydrogen-bond donors (Lipinski definition) is 1. The summed E-state index contributed by atoms with van der Waals surface area (Å²) >= 11 is 0. The number of carbonyl (C=O) groups is 1. The van der Waals surface area contributed by atoms with Crippen molar-refractivity contribution in [2.75, 3.05) is 31.1 Å². The van der Waals surface area contributed by atoms with E-state index >= 15 is 0 Å². The van der Waals surface area contributed by atoms with Crippen molar-refractivity contribution < 1.29 is 4.79 Å². The Morgan fingerprint density at radius 2 is 2.00 bits per heavy atom. The second-order valence-corrected chi connectivity index (χ2v) is 7.08. The number of nitriles is 1. The van der Waals surface area contributed by atoms with Gasteiger partial charge in [-0.3, -0.25) is 0 Å². The fourth-order valence-corrected chi connectivity index (χ4v) is 3.47. The maximum atomic E-state index is 12.8. The van der Waals surface area contributed by atoms with Gasteiger partial charge < -0.3 is 15.1 Å². The van der Waals surface area contributed by atoms with Gasteiger partial charge in [0.1, 0.15) is 11.9 Å². The molecule has 1 aliphatic rings. The minimum absolute atomic E-state index is 0.0428. The van der Waals surface area contributed by atoms with E-state index in [0.717, 1.165) is 24.9 Å². The topological polar surface area (TPSA) is 72.3 Å². The van der Waals surface area contributed by atoms with Crippen LogP contribution in [0.5, 0.6) is 0 Å². The van der Waals surface area contributed by atoms with Crippen molar-refractivity contribution in [3.05, 3.63) is 59.3 Å². The van der Waals surface area contributed by atoms with Crippen LogP contribution in [0.4, 0.5) is 10.6 Å². The fourth-order valence-electron chi connectivity index (χ4n) is 3.47. The van der Waals surface area contributed by atoms with Crippen LogP contribution in [0.3, 0.4) is 0 Å². The molecule has 3 rings (SSSR count). The summed E-state index contributed by atoms with van der Waals surface area (Å²) in [6.45, 7) is 6.89. The number of aryl methyl sites for hydroxylation is 1. The Morgan fingerprint density at radius 3 is 2.71 bits per heavy atom. The lowest BCUT2D eigenvalue weighted by Gasteiger charge is -2.25. The minimum atomic E-state index is -0.0459. The summed E-state index contributed by atoms with van der Waals surface area (Å²) in [5, 5.41) is 12.4. The number of nitrogens with one attached hydrogen (secondary N) is 1. The van der Waals surface area contributed by atoms with Crippen LogP contribution < -0.4 is 10.2 Å². The average molecular weight is 377 g/mol. The fraction of sp³-hybridized carbons (Fsp3) is 0.409. The monoisotopic (exact) mass is 377 g/mol. The molecule has 1 saturated heterocycles. The van der Waals surface area contributed by atoms with Gasteiger partial charge in [-0.25, -0.2) is 9.78 Å². The van der Waals surface area contributed by atoms with Crippen LogP contribution in [0.25, 0.3) is 0 Å². The summed E-state index contributed by atoms with van der Waals surface area (Å²) in [7, 11) is 0. The van der Waals surface area contributed by atoms with Crippen LogP contribution in [0.2, 0.25) is 0 Å². The molecule has 1 aliphatic heterocycles. The number of aromatic nitrogens is 1. The van der Waals surface area contributed by atoms with Crippen molar-refractivity contribution in [1.82, 2.24) is 15.2 Å². The highest BCUT2D eigenvalue weighted by Crippen LogP contribution is 2.19. The summed E-state index contributed by atoms with van der Waals surface area (Å²) in [6.07, 6.45) is 3.56. The molecule has 146 valence electrons. The van der Waals surface area contributed by atoms with Gasteiger partial charge in [0.15, 0.2) is 0 Å². The van der Waals surface area contributed by atoms with E-state index in [1.807, 2.05) is 11.8 Å². The number of amides is 2. The number of anilines is 1. The van der Waals surface area contributed by atoms with Crippen molar-refractivity contribution in [3.8, 4) is 6.07 Å². The van der Waals surface area contributed by atoms with E-state index in [1.165, 1.54) is 5.56 Å². The Labute approximate surface area is 166 Å². The lowest BCUT2D eigenvalue weighted by Crippen LogP contribution is -2.43.